The molecule has 1 aromatic heterocycles. The Labute approximate surface area is 108 Å². The highest BCUT2D eigenvalue weighted by molar-refractivity contribution is 8.01. The summed E-state index contributed by atoms with van der Waals surface area (Å²) in [6, 6.07) is 0. The van der Waals surface area contributed by atoms with Crippen molar-refractivity contribution in [3.8, 4) is 0 Å². The van der Waals surface area contributed by atoms with Gasteiger partial charge < -0.3 is 4.74 Å². The van der Waals surface area contributed by atoms with Crippen LogP contribution in [-0.4, -0.2) is 35.1 Å². The molecule has 1 aliphatic heterocycles. The Bertz CT molecular complexity index is 404. The highest BCUT2D eigenvalue weighted by atomic mass is 32.2. The molecule has 1 fully saturated rings. The van der Waals surface area contributed by atoms with E-state index in [9.17, 15) is 4.79 Å². The van der Waals surface area contributed by atoms with Crippen LogP contribution in [0.3, 0.4) is 0 Å². The van der Waals surface area contributed by atoms with E-state index in [0.717, 1.165) is 16.5 Å². The molecular formula is C10H15N3O2S2. The maximum atomic E-state index is 11.9. The smallest absolute Gasteiger partial charge is 0.236 e. The molecule has 7 heteroatoms. The third-order valence-corrected chi connectivity index (χ3v) is 4.62. The fourth-order valence-corrected chi connectivity index (χ4v) is 2.97. The summed E-state index contributed by atoms with van der Waals surface area (Å²) in [5, 5.41) is 11.3. The van der Waals surface area contributed by atoms with Gasteiger partial charge in [0.05, 0.1) is 18.6 Å². The third kappa shape index (κ3) is 2.97. The van der Waals surface area contributed by atoms with Gasteiger partial charge in [0.15, 0.2) is 4.34 Å². The molecule has 0 radical (unpaired) electrons. The number of amides is 1. The van der Waals surface area contributed by atoms with Gasteiger partial charge in [-0.2, -0.15) is 0 Å². The fourth-order valence-electron chi connectivity index (χ4n) is 1.30. The number of ether oxygens (including phenoxy) is 1. The summed E-state index contributed by atoms with van der Waals surface area (Å²) >= 11 is 3.08. The first kappa shape index (κ1) is 12.8. The molecule has 1 saturated heterocycles. The van der Waals surface area contributed by atoms with Gasteiger partial charge >= 0.3 is 0 Å². The van der Waals surface area contributed by atoms with Gasteiger partial charge in [-0.3, -0.25) is 10.1 Å². The first-order valence-electron chi connectivity index (χ1n) is 5.49. The molecule has 0 saturated carbocycles. The SMILES string of the molecule is CCCSc1nnc(NC(=O)C2(C)COC2)s1. The van der Waals surface area contributed by atoms with E-state index in [0.29, 0.717) is 18.3 Å². The van der Waals surface area contributed by atoms with E-state index in [4.69, 9.17) is 4.74 Å². The van der Waals surface area contributed by atoms with Gasteiger partial charge in [-0.1, -0.05) is 30.0 Å². The number of aromatic nitrogens is 2. The molecule has 2 rings (SSSR count). The number of carbonyl (C=O) groups is 1. The number of nitrogens with zero attached hydrogens (tertiary/aromatic N) is 2. The number of hydrogen-bond acceptors (Lipinski definition) is 6. The first-order valence-corrected chi connectivity index (χ1v) is 7.30. The zero-order valence-corrected chi connectivity index (χ0v) is 11.5. The molecule has 0 bridgehead atoms. The van der Waals surface area contributed by atoms with Crippen molar-refractivity contribution in [3.63, 3.8) is 0 Å². The highest BCUT2D eigenvalue weighted by Gasteiger charge is 2.41. The monoisotopic (exact) mass is 273 g/mol. The summed E-state index contributed by atoms with van der Waals surface area (Å²) in [7, 11) is 0. The van der Waals surface area contributed by atoms with Crippen molar-refractivity contribution in [3.05, 3.63) is 0 Å². The van der Waals surface area contributed by atoms with Crippen LogP contribution in [0.5, 0.6) is 0 Å². The summed E-state index contributed by atoms with van der Waals surface area (Å²) in [5.74, 6) is 0.987. The highest BCUT2D eigenvalue weighted by Crippen LogP contribution is 2.30. The molecule has 1 aliphatic rings. The van der Waals surface area contributed by atoms with Crippen LogP contribution in [-0.2, 0) is 9.53 Å². The quantitative estimate of drug-likeness (QED) is 0.657. The second kappa shape index (κ2) is 5.32. The Kier molecular flexibility index (Phi) is 4.01. The Balaban J connectivity index is 1.90. The van der Waals surface area contributed by atoms with Crippen LogP contribution in [0.2, 0.25) is 0 Å². The van der Waals surface area contributed by atoms with Gasteiger partial charge in [0, 0.05) is 5.75 Å². The lowest BCUT2D eigenvalue weighted by molar-refractivity contribution is -0.151. The summed E-state index contributed by atoms with van der Waals surface area (Å²) < 4.78 is 5.96. The molecule has 0 aromatic carbocycles. The van der Waals surface area contributed by atoms with Crippen molar-refractivity contribution in [1.82, 2.24) is 10.2 Å². The summed E-state index contributed by atoms with van der Waals surface area (Å²) in [6.07, 6.45) is 1.10. The van der Waals surface area contributed by atoms with Crippen LogP contribution in [0.15, 0.2) is 4.34 Å². The normalized spacial score (nSPS) is 17.5. The van der Waals surface area contributed by atoms with Crippen LogP contribution in [0.1, 0.15) is 20.3 Å². The number of anilines is 1. The van der Waals surface area contributed by atoms with Crippen LogP contribution >= 0.6 is 23.1 Å². The second-order valence-corrected chi connectivity index (χ2v) is 6.55. The van der Waals surface area contributed by atoms with Crippen molar-refractivity contribution in [2.24, 2.45) is 5.41 Å². The van der Waals surface area contributed by atoms with Crippen molar-refractivity contribution in [1.29, 1.82) is 0 Å². The van der Waals surface area contributed by atoms with Gasteiger partial charge in [0.1, 0.15) is 0 Å². The largest absolute Gasteiger partial charge is 0.379 e. The van der Waals surface area contributed by atoms with Gasteiger partial charge in [-0.15, -0.1) is 10.2 Å². The number of rotatable bonds is 5. The Hall–Kier alpha value is -0.660. The Morgan fingerprint density at radius 1 is 1.59 bits per heavy atom. The molecule has 1 amide bonds. The van der Waals surface area contributed by atoms with Crippen LogP contribution in [0, 0.1) is 5.41 Å². The van der Waals surface area contributed by atoms with E-state index in [2.05, 4.69) is 22.4 Å². The minimum Gasteiger partial charge on any atom is -0.379 e. The minimum absolute atomic E-state index is 0.0352. The summed E-state index contributed by atoms with van der Waals surface area (Å²) in [5.41, 5.74) is -0.400. The van der Waals surface area contributed by atoms with E-state index in [1.807, 2.05) is 6.92 Å². The fraction of sp³-hybridized carbons (Fsp3) is 0.700. The maximum absolute atomic E-state index is 11.9. The molecule has 5 nitrogen and oxygen atoms in total. The average molecular weight is 273 g/mol. The van der Waals surface area contributed by atoms with Crippen molar-refractivity contribution in [2.45, 2.75) is 24.6 Å². The van der Waals surface area contributed by atoms with Crippen molar-refractivity contribution >= 4 is 34.1 Å². The molecule has 0 unspecified atom stereocenters. The zero-order chi connectivity index (χ0) is 12.3. The van der Waals surface area contributed by atoms with Crippen LogP contribution in [0.25, 0.3) is 0 Å². The summed E-state index contributed by atoms with van der Waals surface area (Å²) in [6.45, 7) is 4.97. The zero-order valence-electron chi connectivity index (χ0n) is 9.86. The standard InChI is InChI=1S/C10H15N3O2S2/c1-3-4-16-9-13-12-8(17-9)11-7(14)10(2)5-15-6-10/h3-6H2,1-2H3,(H,11,12,14). The molecule has 0 aliphatic carbocycles. The summed E-state index contributed by atoms with van der Waals surface area (Å²) in [4.78, 5) is 11.9. The van der Waals surface area contributed by atoms with Gasteiger partial charge in [0.25, 0.3) is 0 Å². The molecule has 94 valence electrons. The van der Waals surface area contributed by atoms with Gasteiger partial charge in [-0.05, 0) is 13.3 Å². The number of carbonyl (C=O) groups excluding carboxylic acids is 1. The average Bonchev–Trinajstić information content (AvgIpc) is 2.70. The third-order valence-electron chi connectivity index (χ3n) is 2.45. The predicted octanol–water partition coefficient (Wildman–Crippen LogP) is 2.02. The van der Waals surface area contributed by atoms with E-state index >= 15 is 0 Å². The van der Waals surface area contributed by atoms with E-state index < -0.39 is 5.41 Å². The van der Waals surface area contributed by atoms with Crippen molar-refractivity contribution < 1.29 is 9.53 Å². The lowest BCUT2D eigenvalue weighted by Crippen LogP contribution is -2.49. The Morgan fingerprint density at radius 3 is 2.94 bits per heavy atom. The maximum Gasteiger partial charge on any atom is 0.236 e. The minimum atomic E-state index is -0.400. The van der Waals surface area contributed by atoms with Crippen LogP contribution in [0.4, 0.5) is 5.13 Å². The van der Waals surface area contributed by atoms with E-state index in [1.165, 1.54) is 11.3 Å². The van der Waals surface area contributed by atoms with E-state index in [1.54, 1.807) is 11.8 Å². The van der Waals surface area contributed by atoms with E-state index in [-0.39, 0.29) is 5.91 Å². The predicted molar refractivity (Wildman–Crippen MR) is 68.5 cm³/mol. The molecule has 0 spiro atoms. The van der Waals surface area contributed by atoms with Crippen molar-refractivity contribution in [2.75, 3.05) is 24.3 Å². The number of hydrogen-bond donors (Lipinski definition) is 1. The topological polar surface area (TPSA) is 64.1 Å². The molecular weight excluding hydrogens is 258 g/mol. The second-order valence-electron chi connectivity index (χ2n) is 4.23. The molecule has 17 heavy (non-hydrogen) atoms. The number of thioether (sulfide) groups is 1. The first-order chi connectivity index (χ1) is 8.14. The lowest BCUT2D eigenvalue weighted by atomic mass is 9.88. The van der Waals surface area contributed by atoms with Crippen LogP contribution < -0.4 is 5.32 Å². The molecule has 2 heterocycles. The number of nitrogens with one attached hydrogen (secondary N) is 1. The van der Waals surface area contributed by atoms with Gasteiger partial charge in [-0.25, -0.2) is 0 Å². The lowest BCUT2D eigenvalue weighted by Gasteiger charge is -2.35. The molecule has 1 aromatic rings. The molecule has 0 atom stereocenters. The molecule has 1 N–H and O–H groups in total. The Morgan fingerprint density at radius 2 is 2.35 bits per heavy atom. The van der Waals surface area contributed by atoms with Gasteiger partial charge in [0.2, 0.25) is 11.0 Å².